The molecule has 0 atom stereocenters. The number of amides is 2. The summed E-state index contributed by atoms with van der Waals surface area (Å²) in [6.07, 6.45) is 5.33. The third kappa shape index (κ3) is 4.71. The zero-order valence-electron chi connectivity index (χ0n) is 15.7. The minimum atomic E-state index is -0.276. The average Bonchev–Trinajstić information content (AvgIpc) is 3.09. The van der Waals surface area contributed by atoms with E-state index in [2.05, 4.69) is 15.2 Å². The first-order valence-electron chi connectivity index (χ1n) is 9.53. The number of carbonyl (C=O) groups excluding carboxylic acids is 2. The second kappa shape index (κ2) is 8.84. The number of hydrogen-bond donors (Lipinski definition) is 1. The minimum absolute atomic E-state index is 0.207. The number of thioether (sulfide) groups is 1. The van der Waals surface area contributed by atoms with Gasteiger partial charge in [0.2, 0.25) is 0 Å². The number of amidine groups is 1. The fraction of sp³-hybridized carbons (Fsp3) is 0.227. The van der Waals surface area contributed by atoms with Crippen LogP contribution in [0.4, 0.5) is 5.69 Å². The van der Waals surface area contributed by atoms with Crippen molar-refractivity contribution in [1.29, 1.82) is 0 Å². The summed E-state index contributed by atoms with van der Waals surface area (Å²) in [5.74, 6) is -0.483. The molecule has 2 aromatic rings. The highest BCUT2D eigenvalue weighted by atomic mass is 35.5. The third-order valence-corrected chi connectivity index (χ3v) is 6.17. The normalized spacial score (nSPS) is 18.1. The second-order valence-electron chi connectivity index (χ2n) is 6.92. The van der Waals surface area contributed by atoms with E-state index in [1.807, 2.05) is 24.3 Å². The quantitative estimate of drug-likeness (QED) is 0.699. The summed E-state index contributed by atoms with van der Waals surface area (Å²) in [5.41, 5.74) is 1.88. The number of piperidine rings is 1. The van der Waals surface area contributed by atoms with Crippen LogP contribution in [-0.4, -0.2) is 35.0 Å². The average molecular weight is 426 g/mol. The molecule has 1 saturated heterocycles. The van der Waals surface area contributed by atoms with Crippen molar-refractivity contribution >= 4 is 52.1 Å². The van der Waals surface area contributed by atoms with Crippen LogP contribution in [0.25, 0.3) is 6.08 Å². The fourth-order valence-electron chi connectivity index (χ4n) is 3.32. The molecule has 0 aromatic heterocycles. The van der Waals surface area contributed by atoms with E-state index in [9.17, 15) is 9.59 Å². The molecule has 4 rings (SSSR count). The van der Waals surface area contributed by atoms with Crippen LogP contribution < -0.4 is 5.32 Å². The van der Waals surface area contributed by atoms with E-state index in [-0.39, 0.29) is 11.8 Å². The molecule has 1 N–H and O–H groups in total. The van der Waals surface area contributed by atoms with E-state index in [1.54, 1.807) is 30.3 Å². The molecule has 2 aromatic carbocycles. The molecule has 148 valence electrons. The highest BCUT2D eigenvalue weighted by molar-refractivity contribution is 8.18. The predicted octanol–water partition coefficient (Wildman–Crippen LogP) is 5.05. The van der Waals surface area contributed by atoms with Gasteiger partial charge in [0.05, 0.1) is 15.5 Å². The van der Waals surface area contributed by atoms with E-state index >= 15 is 0 Å². The molecular formula is C22H20ClN3O2S. The van der Waals surface area contributed by atoms with Crippen molar-refractivity contribution in [1.82, 2.24) is 4.90 Å². The molecule has 7 heteroatoms. The zero-order chi connectivity index (χ0) is 20.2. The van der Waals surface area contributed by atoms with Crippen LogP contribution in [0, 0.1) is 0 Å². The van der Waals surface area contributed by atoms with Gasteiger partial charge >= 0.3 is 0 Å². The van der Waals surface area contributed by atoms with E-state index in [1.165, 1.54) is 18.2 Å². The molecule has 2 aliphatic rings. The van der Waals surface area contributed by atoms with Gasteiger partial charge in [0.1, 0.15) is 0 Å². The summed E-state index contributed by atoms with van der Waals surface area (Å²) in [6.45, 7) is 1.91. The lowest BCUT2D eigenvalue weighted by Crippen LogP contribution is -2.33. The maximum Gasteiger partial charge on any atom is 0.286 e. The Balaban J connectivity index is 1.47. The Morgan fingerprint density at radius 1 is 1.10 bits per heavy atom. The van der Waals surface area contributed by atoms with Crippen LogP contribution in [0.1, 0.15) is 35.2 Å². The molecule has 5 nitrogen and oxygen atoms in total. The molecule has 1 fully saturated rings. The van der Waals surface area contributed by atoms with E-state index in [4.69, 9.17) is 11.6 Å². The maximum absolute atomic E-state index is 12.5. The van der Waals surface area contributed by atoms with Gasteiger partial charge in [-0.15, -0.1) is 0 Å². The lowest BCUT2D eigenvalue weighted by molar-refractivity contribution is -0.113. The number of hydrogen-bond acceptors (Lipinski definition) is 4. The standard InChI is InChI=1S/C22H20ClN3O2S/c23-18-10-3-2-9-17(18)20(27)24-16-8-6-7-15(13-16)14-19-21(28)25-22(29-19)26-11-4-1-5-12-26/h2-3,6-10,13-14H,1,4-5,11-12H2,(H,24,27). The largest absolute Gasteiger partial charge is 0.351 e. The molecule has 0 saturated carbocycles. The lowest BCUT2D eigenvalue weighted by Gasteiger charge is -2.27. The van der Waals surface area contributed by atoms with E-state index in [0.717, 1.165) is 36.7 Å². The molecule has 2 amide bonds. The molecule has 0 aliphatic carbocycles. The van der Waals surface area contributed by atoms with Gasteiger partial charge in [0.25, 0.3) is 11.8 Å². The van der Waals surface area contributed by atoms with Gasteiger partial charge < -0.3 is 10.2 Å². The van der Waals surface area contributed by atoms with Crippen molar-refractivity contribution in [3.05, 3.63) is 69.6 Å². The maximum atomic E-state index is 12.5. The topological polar surface area (TPSA) is 61.8 Å². The molecular weight excluding hydrogens is 406 g/mol. The van der Waals surface area contributed by atoms with Crippen LogP contribution in [0.2, 0.25) is 5.02 Å². The third-order valence-electron chi connectivity index (χ3n) is 4.80. The molecule has 2 aliphatic heterocycles. The van der Waals surface area contributed by atoms with Gasteiger partial charge in [-0.2, -0.15) is 4.99 Å². The molecule has 29 heavy (non-hydrogen) atoms. The first kappa shape index (κ1) is 19.7. The molecule has 0 unspecified atom stereocenters. The number of carbonyl (C=O) groups is 2. The van der Waals surface area contributed by atoms with Gasteiger partial charge in [-0.1, -0.05) is 35.9 Å². The first-order valence-corrected chi connectivity index (χ1v) is 10.7. The Labute approximate surface area is 178 Å². The van der Waals surface area contributed by atoms with Crippen LogP contribution in [0.15, 0.2) is 58.4 Å². The fourth-order valence-corrected chi connectivity index (χ4v) is 4.51. The first-order chi connectivity index (χ1) is 14.1. The summed E-state index contributed by atoms with van der Waals surface area (Å²) < 4.78 is 0. The number of anilines is 1. The highest BCUT2D eigenvalue weighted by Crippen LogP contribution is 2.31. The van der Waals surface area contributed by atoms with Crippen LogP contribution >= 0.6 is 23.4 Å². The van der Waals surface area contributed by atoms with Crippen LogP contribution in [0.5, 0.6) is 0 Å². The van der Waals surface area contributed by atoms with E-state index < -0.39 is 0 Å². The molecule has 0 bridgehead atoms. The Morgan fingerprint density at radius 3 is 2.69 bits per heavy atom. The Bertz CT molecular complexity index is 1010. The van der Waals surface area contributed by atoms with Crippen molar-refractivity contribution in [3.63, 3.8) is 0 Å². The number of rotatable bonds is 3. The summed E-state index contributed by atoms with van der Waals surface area (Å²) >= 11 is 7.52. The Morgan fingerprint density at radius 2 is 1.90 bits per heavy atom. The van der Waals surface area contributed by atoms with Gasteiger partial charge in [-0.05, 0) is 66.9 Å². The van der Waals surface area contributed by atoms with Gasteiger partial charge in [-0.3, -0.25) is 9.59 Å². The zero-order valence-corrected chi connectivity index (χ0v) is 17.3. The predicted molar refractivity (Wildman–Crippen MR) is 119 cm³/mol. The number of aliphatic imine (C=N–C) groups is 1. The lowest BCUT2D eigenvalue weighted by atomic mass is 10.1. The monoisotopic (exact) mass is 425 g/mol. The van der Waals surface area contributed by atoms with Crippen LogP contribution in [-0.2, 0) is 4.79 Å². The van der Waals surface area contributed by atoms with E-state index in [0.29, 0.717) is 21.2 Å². The van der Waals surface area contributed by atoms with Gasteiger partial charge in [-0.25, -0.2) is 0 Å². The number of likely N-dealkylation sites (tertiary alicyclic amines) is 1. The summed E-state index contributed by atoms with van der Waals surface area (Å²) in [6, 6.07) is 14.3. The number of nitrogens with one attached hydrogen (secondary N) is 1. The minimum Gasteiger partial charge on any atom is -0.351 e. The number of halogens is 1. The van der Waals surface area contributed by atoms with Crippen molar-refractivity contribution in [2.45, 2.75) is 19.3 Å². The van der Waals surface area contributed by atoms with Crippen molar-refractivity contribution in [2.75, 3.05) is 18.4 Å². The summed E-state index contributed by atoms with van der Waals surface area (Å²) in [4.78, 5) is 31.8. The second-order valence-corrected chi connectivity index (χ2v) is 8.33. The molecule has 0 spiro atoms. The van der Waals surface area contributed by atoms with Gasteiger partial charge in [0, 0.05) is 18.8 Å². The van der Waals surface area contributed by atoms with Crippen molar-refractivity contribution in [3.8, 4) is 0 Å². The van der Waals surface area contributed by atoms with Crippen molar-refractivity contribution in [2.24, 2.45) is 4.99 Å². The van der Waals surface area contributed by atoms with Crippen molar-refractivity contribution < 1.29 is 9.59 Å². The number of nitrogens with zero attached hydrogens (tertiary/aromatic N) is 2. The van der Waals surface area contributed by atoms with Crippen LogP contribution in [0.3, 0.4) is 0 Å². The smallest absolute Gasteiger partial charge is 0.286 e. The SMILES string of the molecule is O=C1N=C(N2CCCCC2)SC1=Cc1cccc(NC(=O)c2ccccc2Cl)c1. The Hall–Kier alpha value is -2.57. The summed E-state index contributed by atoms with van der Waals surface area (Å²) in [5, 5.41) is 4.05. The van der Waals surface area contributed by atoms with Gasteiger partial charge in [0.15, 0.2) is 5.17 Å². The number of benzene rings is 2. The highest BCUT2D eigenvalue weighted by Gasteiger charge is 2.26. The molecule has 2 heterocycles. The summed E-state index contributed by atoms with van der Waals surface area (Å²) in [7, 11) is 0. The Kier molecular flexibility index (Phi) is 6.02. The molecule has 0 radical (unpaired) electrons.